The highest BCUT2D eigenvalue weighted by molar-refractivity contribution is 5.95. The van der Waals surface area contributed by atoms with Crippen molar-refractivity contribution in [2.24, 2.45) is 11.7 Å². The van der Waals surface area contributed by atoms with Crippen molar-refractivity contribution in [1.82, 2.24) is 14.7 Å². The second-order valence-electron chi connectivity index (χ2n) is 6.54. The van der Waals surface area contributed by atoms with Gasteiger partial charge < -0.3 is 10.6 Å². The topological polar surface area (TPSA) is 64.2 Å². The molecule has 0 aliphatic carbocycles. The van der Waals surface area contributed by atoms with E-state index in [1.54, 1.807) is 23.0 Å². The first-order chi connectivity index (χ1) is 11.5. The van der Waals surface area contributed by atoms with E-state index in [4.69, 9.17) is 5.73 Å². The smallest absolute Gasteiger partial charge is 0.257 e. The summed E-state index contributed by atoms with van der Waals surface area (Å²) < 4.78 is 14.7. The van der Waals surface area contributed by atoms with E-state index < -0.39 is 0 Å². The van der Waals surface area contributed by atoms with E-state index in [9.17, 15) is 9.18 Å². The van der Waals surface area contributed by atoms with Crippen molar-refractivity contribution in [3.05, 3.63) is 47.5 Å². The maximum atomic E-state index is 13.1. The Bertz CT molecular complexity index is 729. The number of hydrogen-bond donors (Lipinski definition) is 1. The Kier molecular flexibility index (Phi) is 6.19. The summed E-state index contributed by atoms with van der Waals surface area (Å²) in [6, 6.07) is 6.16. The summed E-state index contributed by atoms with van der Waals surface area (Å²) in [5.41, 5.74) is 8.09. The van der Waals surface area contributed by atoms with E-state index in [1.807, 2.05) is 18.7 Å². The van der Waals surface area contributed by atoms with Gasteiger partial charge in [-0.1, -0.05) is 0 Å². The molecule has 2 heterocycles. The summed E-state index contributed by atoms with van der Waals surface area (Å²) in [5.74, 6) is 0.0384. The van der Waals surface area contributed by atoms with Crippen LogP contribution < -0.4 is 5.73 Å². The van der Waals surface area contributed by atoms with Crippen molar-refractivity contribution in [1.29, 1.82) is 0 Å². The minimum absolute atomic E-state index is 0. The molecule has 1 fully saturated rings. The Labute approximate surface area is 153 Å². The molecule has 25 heavy (non-hydrogen) atoms. The molecule has 1 aromatic heterocycles. The lowest BCUT2D eigenvalue weighted by molar-refractivity contribution is 0.0660. The summed E-state index contributed by atoms with van der Waals surface area (Å²) >= 11 is 0. The summed E-state index contributed by atoms with van der Waals surface area (Å²) in [4.78, 5) is 14.7. The van der Waals surface area contributed by atoms with Crippen LogP contribution in [-0.2, 0) is 0 Å². The number of halogens is 2. The number of nitrogens with zero attached hydrogens (tertiary/aromatic N) is 3. The number of carbonyl (C=O) groups excluding carboxylic acids is 1. The lowest BCUT2D eigenvalue weighted by Gasteiger charge is -2.34. The van der Waals surface area contributed by atoms with Crippen molar-refractivity contribution in [3.63, 3.8) is 0 Å². The van der Waals surface area contributed by atoms with Crippen LogP contribution in [0.15, 0.2) is 30.5 Å². The molecule has 1 aromatic carbocycles. The first kappa shape index (κ1) is 19.4. The van der Waals surface area contributed by atoms with Crippen LogP contribution in [-0.4, -0.2) is 39.7 Å². The zero-order valence-corrected chi connectivity index (χ0v) is 15.3. The Morgan fingerprint density at radius 3 is 2.68 bits per heavy atom. The number of rotatable bonds is 3. The van der Waals surface area contributed by atoms with Crippen molar-refractivity contribution in [2.45, 2.75) is 32.7 Å². The molecular weight excluding hydrogens is 343 g/mol. The van der Waals surface area contributed by atoms with Crippen LogP contribution in [0.3, 0.4) is 0 Å². The van der Waals surface area contributed by atoms with Gasteiger partial charge in [0.2, 0.25) is 0 Å². The zero-order valence-electron chi connectivity index (χ0n) is 14.5. The van der Waals surface area contributed by atoms with Gasteiger partial charge >= 0.3 is 0 Å². The fraction of sp³-hybridized carbons (Fsp3) is 0.444. The number of benzene rings is 1. The SMILES string of the molecule is Cc1c(C(=O)N2CCCC(C(C)N)C2)cnn1-c1ccc(F)cc1.Cl. The third-order valence-electron chi connectivity index (χ3n) is 4.80. The highest BCUT2D eigenvalue weighted by Crippen LogP contribution is 2.22. The molecule has 5 nitrogen and oxygen atoms in total. The highest BCUT2D eigenvalue weighted by atomic mass is 35.5. The van der Waals surface area contributed by atoms with Gasteiger partial charge in [-0.05, 0) is 56.9 Å². The summed E-state index contributed by atoms with van der Waals surface area (Å²) in [6.45, 7) is 5.30. The highest BCUT2D eigenvalue weighted by Gasteiger charge is 2.28. The Morgan fingerprint density at radius 2 is 2.04 bits per heavy atom. The molecule has 1 aliphatic rings. The summed E-state index contributed by atoms with van der Waals surface area (Å²) in [6.07, 6.45) is 3.63. The lowest BCUT2D eigenvalue weighted by atomic mass is 9.92. The lowest BCUT2D eigenvalue weighted by Crippen LogP contribution is -2.45. The van der Waals surface area contributed by atoms with Gasteiger partial charge in [0.15, 0.2) is 0 Å². The van der Waals surface area contributed by atoms with Gasteiger partial charge in [0.05, 0.1) is 23.1 Å². The minimum atomic E-state index is -0.296. The third kappa shape index (κ3) is 4.02. The predicted octanol–water partition coefficient (Wildman–Crippen LogP) is 2.94. The first-order valence-electron chi connectivity index (χ1n) is 8.33. The average molecular weight is 367 g/mol. The molecule has 2 atom stereocenters. The van der Waals surface area contributed by atoms with E-state index in [0.717, 1.165) is 30.8 Å². The Balaban J connectivity index is 0.00000225. The van der Waals surface area contributed by atoms with Gasteiger partial charge in [-0.3, -0.25) is 4.79 Å². The van der Waals surface area contributed by atoms with E-state index in [2.05, 4.69) is 5.10 Å². The van der Waals surface area contributed by atoms with Crippen molar-refractivity contribution in [2.75, 3.05) is 13.1 Å². The predicted molar refractivity (Wildman–Crippen MR) is 97.8 cm³/mol. The molecule has 3 rings (SSSR count). The molecule has 1 aliphatic heterocycles. The zero-order chi connectivity index (χ0) is 17.3. The normalized spacial score (nSPS) is 18.6. The number of piperidine rings is 1. The summed E-state index contributed by atoms with van der Waals surface area (Å²) in [5, 5.41) is 4.31. The quantitative estimate of drug-likeness (QED) is 0.908. The van der Waals surface area contributed by atoms with Gasteiger partial charge in [-0.25, -0.2) is 9.07 Å². The summed E-state index contributed by atoms with van der Waals surface area (Å²) in [7, 11) is 0. The number of likely N-dealkylation sites (tertiary alicyclic amines) is 1. The molecule has 2 aromatic rings. The molecule has 7 heteroatoms. The number of aromatic nitrogens is 2. The maximum Gasteiger partial charge on any atom is 0.257 e. The third-order valence-corrected chi connectivity index (χ3v) is 4.80. The van der Waals surface area contributed by atoms with Crippen LogP contribution in [0.5, 0.6) is 0 Å². The molecule has 136 valence electrons. The first-order valence-corrected chi connectivity index (χ1v) is 8.33. The van der Waals surface area contributed by atoms with Gasteiger partial charge in [0.1, 0.15) is 5.82 Å². The molecule has 1 amide bonds. The van der Waals surface area contributed by atoms with E-state index in [1.165, 1.54) is 12.1 Å². The second kappa shape index (κ2) is 7.97. The van der Waals surface area contributed by atoms with Gasteiger partial charge in [-0.2, -0.15) is 5.10 Å². The van der Waals surface area contributed by atoms with Gasteiger partial charge in [-0.15, -0.1) is 12.4 Å². The van der Waals surface area contributed by atoms with Gasteiger partial charge in [0, 0.05) is 19.1 Å². The molecular formula is C18H24ClFN4O. The molecule has 0 spiro atoms. The van der Waals surface area contributed by atoms with E-state index in [0.29, 0.717) is 18.0 Å². The number of hydrogen-bond acceptors (Lipinski definition) is 3. The van der Waals surface area contributed by atoms with Crippen LogP contribution in [0.2, 0.25) is 0 Å². The minimum Gasteiger partial charge on any atom is -0.338 e. The maximum absolute atomic E-state index is 13.1. The van der Waals surface area contributed by atoms with Gasteiger partial charge in [0.25, 0.3) is 5.91 Å². The fourth-order valence-electron chi connectivity index (χ4n) is 3.26. The van der Waals surface area contributed by atoms with Crippen molar-refractivity contribution >= 4 is 18.3 Å². The van der Waals surface area contributed by atoms with Crippen LogP contribution in [0, 0.1) is 18.7 Å². The number of amides is 1. The standard InChI is InChI=1S/C18H23FN4O.ClH/c1-12(20)14-4-3-9-22(11-14)18(24)17-10-21-23(13(17)2)16-7-5-15(19)6-8-16;/h5-8,10,12,14H,3-4,9,11,20H2,1-2H3;1H. The molecule has 2 N–H and O–H groups in total. The Morgan fingerprint density at radius 1 is 1.36 bits per heavy atom. The molecule has 0 saturated carbocycles. The largest absolute Gasteiger partial charge is 0.338 e. The van der Waals surface area contributed by atoms with Crippen molar-refractivity contribution in [3.8, 4) is 5.69 Å². The molecule has 0 bridgehead atoms. The van der Waals surface area contributed by atoms with Crippen LogP contribution >= 0.6 is 12.4 Å². The molecule has 2 unspecified atom stereocenters. The monoisotopic (exact) mass is 366 g/mol. The van der Waals surface area contributed by atoms with Crippen LogP contribution in [0.25, 0.3) is 5.69 Å². The van der Waals surface area contributed by atoms with Crippen molar-refractivity contribution < 1.29 is 9.18 Å². The second-order valence-corrected chi connectivity index (χ2v) is 6.54. The van der Waals surface area contributed by atoms with Crippen LogP contribution in [0.1, 0.15) is 35.8 Å². The number of nitrogens with two attached hydrogens (primary N) is 1. The molecule has 0 radical (unpaired) electrons. The average Bonchev–Trinajstić information content (AvgIpc) is 2.96. The van der Waals surface area contributed by atoms with Crippen LogP contribution in [0.4, 0.5) is 4.39 Å². The fourth-order valence-corrected chi connectivity index (χ4v) is 3.26. The Hall–Kier alpha value is -1.92. The van der Waals surface area contributed by atoms with E-state index in [-0.39, 0.29) is 30.2 Å². The molecule has 1 saturated heterocycles. The van der Waals surface area contributed by atoms with E-state index >= 15 is 0 Å². The number of carbonyl (C=O) groups is 1.